The van der Waals surface area contributed by atoms with Crippen LogP contribution < -0.4 is 5.32 Å². The maximum absolute atomic E-state index is 13.4. The average molecular weight is 312 g/mol. The molecule has 4 nitrogen and oxygen atoms in total. The van der Waals surface area contributed by atoms with E-state index in [1.54, 1.807) is 19.2 Å². The van der Waals surface area contributed by atoms with Gasteiger partial charge in [-0.15, -0.1) is 0 Å². The SMILES string of the molecule is COCCNCc1cn(Cc2ccc(Cl)c(F)c2)nc1C. The minimum atomic E-state index is -0.403. The Morgan fingerprint density at radius 2 is 2.24 bits per heavy atom. The number of nitrogens with zero attached hydrogens (tertiary/aromatic N) is 2. The zero-order chi connectivity index (χ0) is 15.2. The molecule has 114 valence electrons. The molecule has 21 heavy (non-hydrogen) atoms. The molecule has 1 aromatic heterocycles. The van der Waals surface area contributed by atoms with Crippen LogP contribution in [0.4, 0.5) is 4.39 Å². The van der Waals surface area contributed by atoms with Crippen molar-refractivity contribution in [2.24, 2.45) is 0 Å². The molecule has 0 radical (unpaired) electrons. The maximum atomic E-state index is 13.4. The standard InChI is InChI=1S/C15H19ClFN3O/c1-11-13(8-18-5-6-21-2)10-20(19-11)9-12-3-4-14(16)15(17)7-12/h3-4,7,10,18H,5-6,8-9H2,1-2H3. The van der Waals surface area contributed by atoms with Crippen LogP contribution in [0.25, 0.3) is 0 Å². The Bertz CT molecular complexity index is 601. The first-order valence-corrected chi connectivity index (χ1v) is 7.14. The van der Waals surface area contributed by atoms with E-state index in [1.807, 2.05) is 17.8 Å². The molecule has 0 aliphatic rings. The maximum Gasteiger partial charge on any atom is 0.142 e. The second-order valence-electron chi connectivity index (χ2n) is 4.86. The fraction of sp³-hybridized carbons (Fsp3) is 0.400. The van der Waals surface area contributed by atoms with Crippen molar-refractivity contribution in [1.29, 1.82) is 0 Å². The lowest BCUT2D eigenvalue weighted by molar-refractivity contribution is 0.199. The van der Waals surface area contributed by atoms with Crippen LogP contribution in [0.2, 0.25) is 5.02 Å². The number of aryl methyl sites for hydroxylation is 1. The van der Waals surface area contributed by atoms with E-state index in [9.17, 15) is 4.39 Å². The van der Waals surface area contributed by atoms with Crippen LogP contribution in [-0.2, 0) is 17.8 Å². The summed E-state index contributed by atoms with van der Waals surface area (Å²) in [5.41, 5.74) is 2.92. The predicted octanol–water partition coefficient (Wildman–Crippen LogP) is 2.77. The average Bonchev–Trinajstić information content (AvgIpc) is 2.79. The molecule has 1 aromatic carbocycles. The van der Waals surface area contributed by atoms with E-state index in [-0.39, 0.29) is 5.02 Å². The number of hydrogen-bond donors (Lipinski definition) is 1. The van der Waals surface area contributed by atoms with E-state index in [0.717, 1.165) is 29.9 Å². The topological polar surface area (TPSA) is 39.1 Å². The summed E-state index contributed by atoms with van der Waals surface area (Å²) in [4.78, 5) is 0. The van der Waals surface area contributed by atoms with E-state index in [2.05, 4.69) is 10.4 Å². The molecule has 0 saturated carbocycles. The number of methoxy groups -OCH3 is 1. The van der Waals surface area contributed by atoms with Gasteiger partial charge < -0.3 is 10.1 Å². The first kappa shape index (κ1) is 15.9. The summed E-state index contributed by atoms with van der Waals surface area (Å²) in [6, 6.07) is 4.81. The van der Waals surface area contributed by atoms with Crippen molar-refractivity contribution in [2.75, 3.05) is 20.3 Å². The molecule has 0 atom stereocenters. The molecular weight excluding hydrogens is 293 g/mol. The molecule has 1 N–H and O–H groups in total. The third kappa shape index (κ3) is 4.52. The van der Waals surface area contributed by atoms with Gasteiger partial charge in [0.2, 0.25) is 0 Å². The predicted molar refractivity (Wildman–Crippen MR) is 81.1 cm³/mol. The van der Waals surface area contributed by atoms with Gasteiger partial charge in [0.05, 0.1) is 23.9 Å². The molecule has 2 aromatic rings. The Balaban J connectivity index is 1.99. The van der Waals surface area contributed by atoms with Crippen molar-refractivity contribution >= 4 is 11.6 Å². The lowest BCUT2D eigenvalue weighted by atomic mass is 10.2. The van der Waals surface area contributed by atoms with Gasteiger partial charge in [-0.1, -0.05) is 17.7 Å². The van der Waals surface area contributed by atoms with Gasteiger partial charge in [0.1, 0.15) is 5.82 Å². The molecule has 2 rings (SSSR count). The van der Waals surface area contributed by atoms with Gasteiger partial charge in [-0.25, -0.2) is 4.39 Å². The molecule has 0 amide bonds. The van der Waals surface area contributed by atoms with Crippen LogP contribution in [0.1, 0.15) is 16.8 Å². The number of rotatable bonds is 7. The second kappa shape index (κ2) is 7.54. The number of benzene rings is 1. The molecule has 0 unspecified atom stereocenters. The fourth-order valence-corrected chi connectivity index (χ4v) is 2.15. The molecule has 6 heteroatoms. The van der Waals surface area contributed by atoms with Gasteiger partial charge in [0.25, 0.3) is 0 Å². The van der Waals surface area contributed by atoms with Gasteiger partial charge in [0, 0.05) is 32.0 Å². The minimum absolute atomic E-state index is 0.137. The van der Waals surface area contributed by atoms with Crippen molar-refractivity contribution in [3.8, 4) is 0 Å². The normalized spacial score (nSPS) is 11.0. The molecule has 1 heterocycles. The number of nitrogens with one attached hydrogen (secondary N) is 1. The van der Waals surface area contributed by atoms with Crippen LogP contribution in [-0.4, -0.2) is 30.0 Å². The van der Waals surface area contributed by atoms with Gasteiger partial charge in [-0.05, 0) is 24.6 Å². The first-order chi connectivity index (χ1) is 10.1. The number of aromatic nitrogens is 2. The summed E-state index contributed by atoms with van der Waals surface area (Å²) in [5, 5.41) is 7.87. The molecule has 0 saturated heterocycles. The van der Waals surface area contributed by atoms with Crippen molar-refractivity contribution in [2.45, 2.75) is 20.0 Å². The zero-order valence-corrected chi connectivity index (χ0v) is 13.0. The van der Waals surface area contributed by atoms with Crippen molar-refractivity contribution in [3.05, 3.63) is 52.1 Å². The number of halogens is 2. The largest absolute Gasteiger partial charge is 0.383 e. The second-order valence-corrected chi connectivity index (χ2v) is 5.26. The van der Waals surface area contributed by atoms with E-state index in [1.165, 1.54) is 6.07 Å². The molecular formula is C15H19ClFN3O. The summed E-state index contributed by atoms with van der Waals surface area (Å²) in [6.07, 6.45) is 1.97. The van der Waals surface area contributed by atoms with Crippen LogP contribution in [0, 0.1) is 12.7 Å². The Morgan fingerprint density at radius 3 is 2.95 bits per heavy atom. The number of ether oxygens (including phenoxy) is 1. The molecule has 0 spiro atoms. The Hall–Kier alpha value is -1.43. The van der Waals surface area contributed by atoms with Gasteiger partial charge in [-0.2, -0.15) is 5.10 Å². The van der Waals surface area contributed by atoms with E-state index in [4.69, 9.17) is 16.3 Å². The number of hydrogen-bond acceptors (Lipinski definition) is 3. The highest BCUT2D eigenvalue weighted by Crippen LogP contribution is 2.16. The highest BCUT2D eigenvalue weighted by Gasteiger charge is 2.06. The summed E-state index contributed by atoms with van der Waals surface area (Å²) in [5.74, 6) is -0.403. The highest BCUT2D eigenvalue weighted by atomic mass is 35.5. The van der Waals surface area contributed by atoms with E-state index >= 15 is 0 Å². The van der Waals surface area contributed by atoms with Crippen LogP contribution in [0.5, 0.6) is 0 Å². The van der Waals surface area contributed by atoms with Crippen molar-refractivity contribution < 1.29 is 9.13 Å². The first-order valence-electron chi connectivity index (χ1n) is 6.76. The van der Waals surface area contributed by atoms with E-state index < -0.39 is 5.82 Å². The van der Waals surface area contributed by atoms with Crippen LogP contribution in [0.3, 0.4) is 0 Å². The van der Waals surface area contributed by atoms with Crippen molar-refractivity contribution in [3.63, 3.8) is 0 Å². The van der Waals surface area contributed by atoms with Gasteiger partial charge in [-0.3, -0.25) is 4.68 Å². The van der Waals surface area contributed by atoms with Crippen LogP contribution >= 0.6 is 11.6 Å². The third-order valence-corrected chi connectivity index (χ3v) is 3.48. The fourth-order valence-electron chi connectivity index (χ4n) is 2.04. The zero-order valence-electron chi connectivity index (χ0n) is 12.2. The summed E-state index contributed by atoms with van der Waals surface area (Å²) < 4.78 is 20.2. The molecule has 0 aliphatic heterocycles. The Labute approximate surface area is 128 Å². The minimum Gasteiger partial charge on any atom is -0.383 e. The summed E-state index contributed by atoms with van der Waals surface area (Å²) in [6.45, 7) is 4.70. The molecule has 0 aliphatic carbocycles. The summed E-state index contributed by atoms with van der Waals surface area (Å²) >= 11 is 5.68. The molecule has 0 fully saturated rings. The van der Waals surface area contributed by atoms with Gasteiger partial charge >= 0.3 is 0 Å². The quantitative estimate of drug-likeness (QED) is 0.799. The third-order valence-electron chi connectivity index (χ3n) is 3.18. The van der Waals surface area contributed by atoms with E-state index in [0.29, 0.717) is 13.2 Å². The Kier molecular flexibility index (Phi) is 5.73. The Morgan fingerprint density at radius 1 is 1.43 bits per heavy atom. The summed E-state index contributed by atoms with van der Waals surface area (Å²) in [7, 11) is 1.68. The lowest BCUT2D eigenvalue weighted by Crippen LogP contribution is -2.18. The smallest absolute Gasteiger partial charge is 0.142 e. The van der Waals surface area contributed by atoms with Crippen molar-refractivity contribution in [1.82, 2.24) is 15.1 Å². The monoisotopic (exact) mass is 311 g/mol. The van der Waals surface area contributed by atoms with Gasteiger partial charge in [0.15, 0.2) is 0 Å². The molecule has 0 bridgehead atoms. The lowest BCUT2D eigenvalue weighted by Gasteiger charge is -2.03. The van der Waals surface area contributed by atoms with Crippen LogP contribution in [0.15, 0.2) is 24.4 Å². The highest BCUT2D eigenvalue weighted by molar-refractivity contribution is 6.30.